The number of hydrogen-bond acceptors (Lipinski definition) is 1. The molecule has 0 aromatic heterocycles. The lowest BCUT2D eigenvalue weighted by molar-refractivity contribution is 0.183. The SMILES string of the molecule is C=CCC(O)c1ccc2c3c(cccc13)C(C)C2C1C2CCC(C2)C1C. The predicted octanol–water partition coefficient (Wildman–Crippen LogP) is 6.33. The molecule has 1 nitrogen and oxygen atoms in total. The Balaban J connectivity index is 1.65. The van der Waals surface area contributed by atoms with Crippen LogP contribution in [0.3, 0.4) is 0 Å². The molecule has 136 valence electrons. The Morgan fingerprint density at radius 1 is 1.12 bits per heavy atom. The van der Waals surface area contributed by atoms with Gasteiger partial charge in [-0.15, -0.1) is 6.58 Å². The van der Waals surface area contributed by atoms with Crippen molar-refractivity contribution >= 4 is 10.8 Å². The molecule has 7 atom stereocenters. The van der Waals surface area contributed by atoms with E-state index in [-0.39, 0.29) is 0 Å². The van der Waals surface area contributed by atoms with Crippen LogP contribution in [0.2, 0.25) is 0 Å². The zero-order valence-electron chi connectivity index (χ0n) is 16.0. The summed E-state index contributed by atoms with van der Waals surface area (Å²) in [7, 11) is 0. The van der Waals surface area contributed by atoms with Gasteiger partial charge in [-0.05, 0) is 88.7 Å². The molecule has 0 heterocycles. The van der Waals surface area contributed by atoms with E-state index in [1.165, 1.54) is 35.6 Å². The molecular formula is C25H30O. The quantitative estimate of drug-likeness (QED) is 0.641. The standard InChI is InChI=1S/C25H30O/c1-4-6-22(26)19-11-12-21-24(23-14(2)16-9-10-17(23)13-16)15(3)18-7-5-8-20(19)25(18)21/h4-5,7-8,11-12,14-17,22-24,26H,1,6,9-10,13H2,2-3H3. The highest BCUT2D eigenvalue weighted by Crippen LogP contribution is 2.62. The Kier molecular flexibility index (Phi) is 3.79. The topological polar surface area (TPSA) is 20.2 Å². The van der Waals surface area contributed by atoms with Crippen molar-refractivity contribution < 1.29 is 5.11 Å². The lowest BCUT2D eigenvalue weighted by Crippen LogP contribution is -2.27. The maximum atomic E-state index is 10.6. The molecule has 0 spiro atoms. The summed E-state index contributed by atoms with van der Waals surface area (Å²) < 4.78 is 0. The largest absolute Gasteiger partial charge is 0.388 e. The van der Waals surface area contributed by atoms with Gasteiger partial charge in [-0.3, -0.25) is 0 Å². The van der Waals surface area contributed by atoms with Crippen molar-refractivity contribution in [1.29, 1.82) is 0 Å². The fraction of sp³-hybridized carbons (Fsp3) is 0.520. The molecule has 0 saturated heterocycles. The van der Waals surface area contributed by atoms with Crippen LogP contribution in [0.25, 0.3) is 10.8 Å². The molecule has 2 saturated carbocycles. The first kappa shape index (κ1) is 16.6. The lowest BCUT2D eigenvalue weighted by atomic mass is 9.68. The molecule has 2 aromatic rings. The Bertz CT molecular complexity index is 864. The van der Waals surface area contributed by atoms with Crippen LogP contribution in [0, 0.1) is 23.7 Å². The minimum absolute atomic E-state index is 0.451. The minimum Gasteiger partial charge on any atom is -0.388 e. The zero-order valence-corrected chi connectivity index (χ0v) is 16.0. The molecule has 2 aromatic carbocycles. The second kappa shape index (κ2) is 5.96. The van der Waals surface area contributed by atoms with Gasteiger partial charge in [0.1, 0.15) is 0 Å². The first-order valence-electron chi connectivity index (χ1n) is 10.5. The second-order valence-electron chi connectivity index (χ2n) is 9.14. The van der Waals surface area contributed by atoms with E-state index in [2.05, 4.69) is 50.8 Å². The summed E-state index contributed by atoms with van der Waals surface area (Å²) in [5.41, 5.74) is 4.13. The molecule has 0 radical (unpaired) electrons. The van der Waals surface area contributed by atoms with Crippen molar-refractivity contribution in [1.82, 2.24) is 0 Å². The zero-order chi connectivity index (χ0) is 18.0. The average Bonchev–Trinajstić information content (AvgIpc) is 3.30. The van der Waals surface area contributed by atoms with E-state index >= 15 is 0 Å². The summed E-state index contributed by atoms with van der Waals surface area (Å²) in [6.45, 7) is 8.76. The van der Waals surface area contributed by atoms with E-state index in [1.54, 1.807) is 5.56 Å². The van der Waals surface area contributed by atoms with Crippen LogP contribution in [-0.4, -0.2) is 5.11 Å². The molecule has 0 amide bonds. The first-order valence-corrected chi connectivity index (χ1v) is 10.5. The van der Waals surface area contributed by atoms with E-state index < -0.39 is 6.10 Å². The van der Waals surface area contributed by atoms with Gasteiger partial charge in [-0.1, -0.05) is 50.3 Å². The smallest absolute Gasteiger partial charge is 0.0830 e. The molecule has 1 heteroatoms. The summed E-state index contributed by atoms with van der Waals surface area (Å²) in [6, 6.07) is 11.3. The van der Waals surface area contributed by atoms with Crippen molar-refractivity contribution in [2.24, 2.45) is 23.7 Å². The molecule has 0 aliphatic heterocycles. The summed E-state index contributed by atoms with van der Waals surface area (Å²) >= 11 is 0. The van der Waals surface area contributed by atoms with Gasteiger partial charge < -0.3 is 5.11 Å². The molecule has 26 heavy (non-hydrogen) atoms. The molecule has 2 bridgehead atoms. The Hall–Kier alpha value is -1.60. The Morgan fingerprint density at radius 2 is 1.92 bits per heavy atom. The van der Waals surface area contributed by atoms with Gasteiger partial charge in [-0.25, -0.2) is 0 Å². The third-order valence-electron chi connectivity index (χ3n) is 8.10. The molecule has 7 unspecified atom stereocenters. The van der Waals surface area contributed by atoms with Crippen molar-refractivity contribution in [3.8, 4) is 0 Å². The molecular weight excluding hydrogens is 316 g/mol. The van der Waals surface area contributed by atoms with Crippen LogP contribution in [0.5, 0.6) is 0 Å². The van der Waals surface area contributed by atoms with Crippen molar-refractivity contribution in [2.45, 2.75) is 57.5 Å². The highest BCUT2D eigenvalue weighted by molar-refractivity contribution is 5.95. The third-order valence-corrected chi connectivity index (χ3v) is 8.10. The summed E-state index contributed by atoms with van der Waals surface area (Å²) in [5, 5.41) is 13.3. The number of rotatable bonds is 4. The maximum Gasteiger partial charge on any atom is 0.0830 e. The van der Waals surface area contributed by atoms with E-state index in [9.17, 15) is 5.11 Å². The number of aliphatic hydroxyl groups is 1. The van der Waals surface area contributed by atoms with Crippen molar-refractivity contribution in [3.63, 3.8) is 0 Å². The molecule has 5 rings (SSSR count). The second-order valence-corrected chi connectivity index (χ2v) is 9.14. The van der Waals surface area contributed by atoms with E-state index in [0.717, 1.165) is 29.2 Å². The normalized spacial score (nSPS) is 36.0. The average molecular weight is 347 g/mol. The maximum absolute atomic E-state index is 10.6. The highest BCUT2D eigenvalue weighted by atomic mass is 16.3. The van der Waals surface area contributed by atoms with Crippen molar-refractivity contribution in [3.05, 3.63) is 59.7 Å². The Labute approximate surface area is 157 Å². The highest BCUT2D eigenvalue weighted by Gasteiger charge is 2.51. The monoisotopic (exact) mass is 346 g/mol. The number of fused-ring (bicyclic) bond motifs is 2. The van der Waals surface area contributed by atoms with Crippen LogP contribution in [0.4, 0.5) is 0 Å². The van der Waals surface area contributed by atoms with Gasteiger partial charge in [-0.2, -0.15) is 0 Å². The molecule has 3 aliphatic carbocycles. The van der Waals surface area contributed by atoms with Gasteiger partial charge >= 0.3 is 0 Å². The fourth-order valence-electron chi connectivity index (χ4n) is 6.97. The van der Waals surface area contributed by atoms with Gasteiger partial charge in [0.2, 0.25) is 0 Å². The minimum atomic E-state index is -0.451. The summed E-state index contributed by atoms with van der Waals surface area (Å²) in [6.07, 6.45) is 6.34. The van der Waals surface area contributed by atoms with Crippen LogP contribution < -0.4 is 0 Å². The summed E-state index contributed by atoms with van der Waals surface area (Å²) in [5.74, 6) is 4.83. The number of aliphatic hydroxyl groups excluding tert-OH is 1. The van der Waals surface area contributed by atoms with E-state index in [0.29, 0.717) is 18.3 Å². The van der Waals surface area contributed by atoms with Gasteiger partial charge in [0.05, 0.1) is 6.10 Å². The third kappa shape index (κ3) is 2.13. The van der Waals surface area contributed by atoms with Gasteiger partial charge in [0.15, 0.2) is 0 Å². The Morgan fingerprint density at radius 3 is 2.65 bits per heavy atom. The summed E-state index contributed by atoms with van der Waals surface area (Å²) in [4.78, 5) is 0. The predicted molar refractivity (Wildman–Crippen MR) is 108 cm³/mol. The molecule has 1 N–H and O–H groups in total. The van der Waals surface area contributed by atoms with Gasteiger partial charge in [0, 0.05) is 0 Å². The van der Waals surface area contributed by atoms with E-state index in [1.807, 2.05) is 6.08 Å². The van der Waals surface area contributed by atoms with Crippen LogP contribution >= 0.6 is 0 Å². The lowest BCUT2D eigenvalue weighted by Gasteiger charge is -2.36. The van der Waals surface area contributed by atoms with Crippen LogP contribution in [-0.2, 0) is 0 Å². The number of hydrogen-bond donors (Lipinski definition) is 1. The first-order chi connectivity index (χ1) is 12.6. The molecule has 2 fully saturated rings. The van der Waals surface area contributed by atoms with Gasteiger partial charge in [0.25, 0.3) is 0 Å². The van der Waals surface area contributed by atoms with Crippen LogP contribution in [0.1, 0.15) is 74.2 Å². The van der Waals surface area contributed by atoms with Crippen LogP contribution in [0.15, 0.2) is 43.0 Å². The fourth-order valence-corrected chi connectivity index (χ4v) is 6.97. The van der Waals surface area contributed by atoms with Crippen molar-refractivity contribution in [2.75, 3.05) is 0 Å². The molecule has 3 aliphatic rings. The number of benzene rings is 2. The van der Waals surface area contributed by atoms with E-state index in [4.69, 9.17) is 0 Å².